The van der Waals surface area contributed by atoms with Crippen molar-refractivity contribution in [1.29, 1.82) is 0 Å². The molecule has 1 aromatic rings. The summed E-state index contributed by atoms with van der Waals surface area (Å²) in [5, 5.41) is 0. The predicted molar refractivity (Wildman–Crippen MR) is 41.1 cm³/mol. The first kappa shape index (κ1) is 9.19. The van der Waals surface area contributed by atoms with E-state index in [1.807, 2.05) is 0 Å². The van der Waals surface area contributed by atoms with Crippen LogP contribution in [0, 0.1) is 6.92 Å². The molecular weight excluding hydrogens is 164 g/mol. The van der Waals surface area contributed by atoms with Crippen LogP contribution in [0.25, 0.3) is 0 Å². The highest BCUT2D eigenvalue weighted by Crippen LogP contribution is 2.13. The van der Waals surface area contributed by atoms with Gasteiger partial charge in [0.25, 0.3) is 6.43 Å². The SMILES string of the molecule is Cc1occc1CC(N)C(F)F. The number of hydrogen-bond donors (Lipinski definition) is 1. The van der Waals surface area contributed by atoms with Crippen LogP contribution in [0.4, 0.5) is 8.78 Å². The van der Waals surface area contributed by atoms with E-state index in [4.69, 9.17) is 10.2 Å². The summed E-state index contributed by atoms with van der Waals surface area (Å²) >= 11 is 0. The van der Waals surface area contributed by atoms with Gasteiger partial charge in [-0.05, 0) is 25.0 Å². The van der Waals surface area contributed by atoms with Gasteiger partial charge in [-0.2, -0.15) is 0 Å². The van der Waals surface area contributed by atoms with Gasteiger partial charge < -0.3 is 10.2 Å². The minimum Gasteiger partial charge on any atom is -0.469 e. The Morgan fingerprint density at radius 1 is 1.58 bits per heavy atom. The Bertz CT molecular complexity index is 247. The number of aryl methyl sites for hydroxylation is 1. The first-order valence-electron chi connectivity index (χ1n) is 3.68. The van der Waals surface area contributed by atoms with Gasteiger partial charge in [-0.25, -0.2) is 8.78 Å². The van der Waals surface area contributed by atoms with Crippen molar-refractivity contribution < 1.29 is 13.2 Å². The van der Waals surface area contributed by atoms with Crippen molar-refractivity contribution in [3.63, 3.8) is 0 Å². The fourth-order valence-corrected chi connectivity index (χ4v) is 0.966. The zero-order valence-electron chi connectivity index (χ0n) is 6.76. The van der Waals surface area contributed by atoms with E-state index in [-0.39, 0.29) is 6.42 Å². The van der Waals surface area contributed by atoms with Crippen molar-refractivity contribution in [2.45, 2.75) is 25.8 Å². The molecule has 0 aliphatic heterocycles. The number of nitrogens with two attached hydrogens (primary N) is 1. The van der Waals surface area contributed by atoms with E-state index in [0.29, 0.717) is 5.76 Å². The van der Waals surface area contributed by atoms with Crippen LogP contribution in [-0.2, 0) is 6.42 Å². The Morgan fingerprint density at radius 2 is 2.25 bits per heavy atom. The molecule has 1 aromatic heterocycles. The van der Waals surface area contributed by atoms with Crippen LogP contribution in [-0.4, -0.2) is 12.5 Å². The van der Waals surface area contributed by atoms with Crippen LogP contribution in [0.15, 0.2) is 16.7 Å². The molecule has 0 radical (unpaired) electrons. The zero-order chi connectivity index (χ0) is 9.14. The van der Waals surface area contributed by atoms with Gasteiger partial charge in [-0.3, -0.25) is 0 Å². The lowest BCUT2D eigenvalue weighted by Gasteiger charge is -2.08. The van der Waals surface area contributed by atoms with Gasteiger partial charge in [0.2, 0.25) is 0 Å². The summed E-state index contributed by atoms with van der Waals surface area (Å²) in [4.78, 5) is 0. The Balaban J connectivity index is 2.58. The highest BCUT2D eigenvalue weighted by atomic mass is 19.3. The fourth-order valence-electron chi connectivity index (χ4n) is 0.966. The Labute approximate surface area is 69.4 Å². The summed E-state index contributed by atoms with van der Waals surface area (Å²) in [7, 11) is 0. The van der Waals surface area contributed by atoms with E-state index >= 15 is 0 Å². The molecule has 0 saturated heterocycles. The molecule has 0 aliphatic carbocycles. The van der Waals surface area contributed by atoms with Crippen LogP contribution in [0.2, 0.25) is 0 Å². The van der Waals surface area contributed by atoms with Crippen LogP contribution >= 0.6 is 0 Å². The predicted octanol–water partition coefficient (Wildman–Crippen LogP) is 1.72. The van der Waals surface area contributed by atoms with Crippen molar-refractivity contribution in [2.75, 3.05) is 0 Å². The lowest BCUT2D eigenvalue weighted by Crippen LogP contribution is -2.30. The molecule has 0 fully saturated rings. The maximum atomic E-state index is 12.0. The summed E-state index contributed by atoms with van der Waals surface area (Å²) in [5.74, 6) is 0.658. The molecule has 0 bridgehead atoms. The Morgan fingerprint density at radius 3 is 2.67 bits per heavy atom. The van der Waals surface area contributed by atoms with E-state index in [1.165, 1.54) is 6.26 Å². The van der Waals surface area contributed by atoms with Crippen molar-refractivity contribution in [3.05, 3.63) is 23.7 Å². The molecule has 2 nitrogen and oxygen atoms in total. The van der Waals surface area contributed by atoms with E-state index in [1.54, 1.807) is 13.0 Å². The van der Waals surface area contributed by atoms with Gasteiger partial charge in [-0.15, -0.1) is 0 Å². The topological polar surface area (TPSA) is 39.2 Å². The van der Waals surface area contributed by atoms with Gasteiger partial charge in [0, 0.05) is 0 Å². The molecule has 0 saturated carbocycles. The fraction of sp³-hybridized carbons (Fsp3) is 0.500. The molecule has 1 heterocycles. The average Bonchev–Trinajstić information content (AvgIpc) is 2.36. The third kappa shape index (κ3) is 2.04. The van der Waals surface area contributed by atoms with Crippen molar-refractivity contribution >= 4 is 0 Å². The quantitative estimate of drug-likeness (QED) is 0.759. The zero-order valence-corrected chi connectivity index (χ0v) is 6.76. The summed E-state index contributed by atoms with van der Waals surface area (Å²) in [6.45, 7) is 1.73. The van der Waals surface area contributed by atoms with Gasteiger partial charge in [0.15, 0.2) is 0 Å². The van der Waals surface area contributed by atoms with Gasteiger partial charge in [0.1, 0.15) is 5.76 Å². The second-order valence-corrected chi connectivity index (χ2v) is 2.70. The summed E-state index contributed by atoms with van der Waals surface area (Å²) in [6, 6.07) is 0.568. The van der Waals surface area contributed by atoms with Crippen molar-refractivity contribution in [3.8, 4) is 0 Å². The molecule has 4 heteroatoms. The Hall–Kier alpha value is -0.900. The summed E-state index contributed by atoms with van der Waals surface area (Å²) < 4.78 is 28.9. The van der Waals surface area contributed by atoms with E-state index in [9.17, 15) is 8.78 Å². The molecule has 1 rings (SSSR count). The lowest BCUT2D eigenvalue weighted by molar-refractivity contribution is 0.116. The van der Waals surface area contributed by atoms with Crippen LogP contribution in [0.3, 0.4) is 0 Å². The number of hydrogen-bond acceptors (Lipinski definition) is 2. The third-order valence-electron chi connectivity index (χ3n) is 1.75. The normalized spacial score (nSPS) is 13.8. The second kappa shape index (κ2) is 3.67. The summed E-state index contributed by atoms with van der Waals surface area (Å²) in [5.41, 5.74) is 5.94. The third-order valence-corrected chi connectivity index (χ3v) is 1.75. The first-order valence-corrected chi connectivity index (χ1v) is 3.68. The maximum Gasteiger partial charge on any atom is 0.253 e. The highest BCUT2D eigenvalue weighted by Gasteiger charge is 2.17. The van der Waals surface area contributed by atoms with Gasteiger partial charge in [-0.1, -0.05) is 0 Å². The maximum absolute atomic E-state index is 12.0. The lowest BCUT2D eigenvalue weighted by atomic mass is 10.1. The summed E-state index contributed by atoms with van der Waals surface area (Å²) in [6.07, 6.45) is -0.831. The van der Waals surface area contributed by atoms with Crippen LogP contribution < -0.4 is 5.73 Å². The van der Waals surface area contributed by atoms with Gasteiger partial charge in [0.05, 0.1) is 12.3 Å². The molecule has 0 amide bonds. The highest BCUT2D eigenvalue weighted by molar-refractivity contribution is 5.16. The molecule has 1 unspecified atom stereocenters. The van der Waals surface area contributed by atoms with E-state index < -0.39 is 12.5 Å². The number of furan rings is 1. The smallest absolute Gasteiger partial charge is 0.253 e. The monoisotopic (exact) mass is 175 g/mol. The van der Waals surface area contributed by atoms with Gasteiger partial charge >= 0.3 is 0 Å². The van der Waals surface area contributed by atoms with E-state index in [2.05, 4.69) is 0 Å². The number of rotatable bonds is 3. The molecule has 1 atom stereocenters. The number of alkyl halides is 2. The minimum atomic E-state index is -2.47. The molecule has 0 aromatic carbocycles. The van der Waals surface area contributed by atoms with E-state index in [0.717, 1.165) is 5.56 Å². The van der Waals surface area contributed by atoms with Crippen molar-refractivity contribution in [1.82, 2.24) is 0 Å². The Kier molecular flexibility index (Phi) is 2.81. The van der Waals surface area contributed by atoms with Crippen molar-refractivity contribution in [2.24, 2.45) is 5.73 Å². The molecule has 0 aliphatic rings. The van der Waals surface area contributed by atoms with Crippen LogP contribution in [0.5, 0.6) is 0 Å². The molecule has 68 valence electrons. The minimum absolute atomic E-state index is 0.167. The molecule has 12 heavy (non-hydrogen) atoms. The first-order chi connectivity index (χ1) is 5.61. The molecule has 2 N–H and O–H groups in total. The second-order valence-electron chi connectivity index (χ2n) is 2.70. The largest absolute Gasteiger partial charge is 0.469 e. The standard InChI is InChI=1S/C8H11F2NO/c1-5-6(2-3-12-5)4-7(11)8(9)10/h2-3,7-8H,4,11H2,1H3. The average molecular weight is 175 g/mol. The van der Waals surface area contributed by atoms with Crippen LogP contribution in [0.1, 0.15) is 11.3 Å². The number of halogens is 2. The molecule has 0 spiro atoms. The molecular formula is C8H11F2NO.